The second-order valence-corrected chi connectivity index (χ2v) is 5.61. The third-order valence-electron chi connectivity index (χ3n) is 3.97. The summed E-state index contributed by atoms with van der Waals surface area (Å²) in [6.07, 6.45) is -2.87. The topological polar surface area (TPSA) is 44.8 Å². The van der Waals surface area contributed by atoms with Crippen LogP contribution in [0.3, 0.4) is 0 Å². The van der Waals surface area contributed by atoms with Crippen molar-refractivity contribution in [2.24, 2.45) is 0 Å². The fourth-order valence-corrected chi connectivity index (χ4v) is 2.69. The molecular formula is C18H11F3O4. The first-order valence-corrected chi connectivity index (χ1v) is 7.41. The van der Waals surface area contributed by atoms with Crippen LogP contribution < -0.4 is 14.2 Å². The maximum Gasteiger partial charge on any atom is 0.416 e. The van der Waals surface area contributed by atoms with Gasteiger partial charge in [-0.2, -0.15) is 13.2 Å². The largest absolute Gasteiger partial charge is 0.488 e. The van der Waals surface area contributed by atoms with E-state index in [0.29, 0.717) is 33.9 Å². The van der Waals surface area contributed by atoms with Crippen molar-refractivity contribution >= 4 is 11.9 Å². The molecule has 0 atom stereocenters. The SMILES string of the molecule is O=C1/C(=C/c2ccc(C(F)(F)F)cc2)COc2cc3c(cc21)OCO3. The smallest absolute Gasteiger partial charge is 0.416 e. The van der Waals surface area contributed by atoms with Gasteiger partial charge >= 0.3 is 6.18 Å². The molecule has 2 aromatic carbocycles. The molecule has 0 N–H and O–H groups in total. The number of rotatable bonds is 1. The molecule has 7 heteroatoms. The average Bonchev–Trinajstić information content (AvgIpc) is 3.03. The Labute approximate surface area is 140 Å². The molecule has 0 bridgehead atoms. The lowest BCUT2D eigenvalue weighted by molar-refractivity contribution is -0.137. The summed E-state index contributed by atoms with van der Waals surface area (Å²) >= 11 is 0. The van der Waals surface area contributed by atoms with Crippen molar-refractivity contribution in [3.63, 3.8) is 0 Å². The van der Waals surface area contributed by atoms with E-state index < -0.39 is 11.7 Å². The van der Waals surface area contributed by atoms with Crippen LogP contribution in [0.4, 0.5) is 13.2 Å². The second-order valence-electron chi connectivity index (χ2n) is 5.61. The molecule has 0 spiro atoms. The predicted molar refractivity (Wildman–Crippen MR) is 81.8 cm³/mol. The molecule has 2 heterocycles. The van der Waals surface area contributed by atoms with Gasteiger partial charge in [0.2, 0.25) is 6.79 Å². The van der Waals surface area contributed by atoms with E-state index in [9.17, 15) is 18.0 Å². The monoisotopic (exact) mass is 348 g/mol. The lowest BCUT2D eigenvalue weighted by atomic mass is 9.97. The second kappa shape index (κ2) is 5.54. The number of ether oxygens (including phenoxy) is 3. The number of carbonyl (C=O) groups excluding carboxylic acids is 1. The summed E-state index contributed by atoms with van der Waals surface area (Å²) in [5, 5.41) is 0. The van der Waals surface area contributed by atoms with E-state index in [1.807, 2.05) is 0 Å². The molecule has 128 valence electrons. The third kappa shape index (κ3) is 2.82. The number of Topliss-reactive ketones (excluding diaryl/α,β-unsaturated/α-hetero) is 1. The van der Waals surface area contributed by atoms with E-state index in [-0.39, 0.29) is 19.2 Å². The van der Waals surface area contributed by atoms with Crippen LogP contribution in [0.15, 0.2) is 42.0 Å². The van der Waals surface area contributed by atoms with E-state index in [0.717, 1.165) is 12.1 Å². The first-order chi connectivity index (χ1) is 11.9. The maximum absolute atomic E-state index is 12.6. The van der Waals surface area contributed by atoms with Crippen molar-refractivity contribution in [3.8, 4) is 17.2 Å². The van der Waals surface area contributed by atoms with Gasteiger partial charge in [-0.3, -0.25) is 4.79 Å². The number of carbonyl (C=O) groups is 1. The summed E-state index contributed by atoms with van der Waals surface area (Å²) in [4.78, 5) is 12.6. The van der Waals surface area contributed by atoms with Gasteiger partial charge < -0.3 is 14.2 Å². The van der Waals surface area contributed by atoms with Gasteiger partial charge in [-0.25, -0.2) is 0 Å². The van der Waals surface area contributed by atoms with Crippen LogP contribution in [0.25, 0.3) is 6.08 Å². The lowest BCUT2D eigenvalue weighted by Gasteiger charge is -2.19. The highest BCUT2D eigenvalue weighted by Crippen LogP contribution is 2.40. The minimum atomic E-state index is -4.39. The molecule has 2 aliphatic rings. The Balaban J connectivity index is 1.64. The Morgan fingerprint density at radius 2 is 1.60 bits per heavy atom. The van der Waals surface area contributed by atoms with E-state index in [2.05, 4.69) is 0 Å². The zero-order valence-electron chi connectivity index (χ0n) is 12.7. The number of alkyl halides is 3. The van der Waals surface area contributed by atoms with E-state index in [1.165, 1.54) is 18.2 Å². The van der Waals surface area contributed by atoms with Crippen LogP contribution in [0, 0.1) is 0 Å². The number of halogens is 3. The van der Waals surface area contributed by atoms with Crippen LogP contribution in [0.5, 0.6) is 17.2 Å². The van der Waals surface area contributed by atoms with Gasteiger partial charge in [-0.05, 0) is 29.8 Å². The van der Waals surface area contributed by atoms with Gasteiger partial charge in [0, 0.05) is 11.6 Å². The summed E-state index contributed by atoms with van der Waals surface area (Å²) in [5.41, 5.74) is 0.447. The molecule has 2 aliphatic heterocycles. The summed E-state index contributed by atoms with van der Waals surface area (Å²) < 4.78 is 53.9. The first-order valence-electron chi connectivity index (χ1n) is 7.41. The van der Waals surface area contributed by atoms with Gasteiger partial charge in [-0.1, -0.05) is 12.1 Å². The predicted octanol–water partition coefficient (Wildman–Crippen LogP) is 4.09. The average molecular weight is 348 g/mol. The molecule has 0 amide bonds. The highest BCUT2D eigenvalue weighted by molar-refractivity contribution is 6.14. The van der Waals surface area contributed by atoms with E-state index in [4.69, 9.17) is 14.2 Å². The molecule has 0 aliphatic carbocycles. The van der Waals surface area contributed by atoms with Crippen molar-refractivity contribution in [1.29, 1.82) is 0 Å². The molecule has 4 nitrogen and oxygen atoms in total. The Kier molecular flexibility index (Phi) is 3.45. The van der Waals surface area contributed by atoms with Crippen molar-refractivity contribution in [3.05, 3.63) is 58.7 Å². The first kappa shape index (κ1) is 15.6. The molecule has 25 heavy (non-hydrogen) atoms. The zero-order chi connectivity index (χ0) is 17.6. The zero-order valence-corrected chi connectivity index (χ0v) is 12.7. The molecule has 0 radical (unpaired) electrons. The summed E-state index contributed by atoms with van der Waals surface area (Å²) in [6, 6.07) is 7.75. The lowest BCUT2D eigenvalue weighted by Crippen LogP contribution is -2.19. The summed E-state index contributed by atoms with van der Waals surface area (Å²) in [7, 11) is 0. The minimum Gasteiger partial charge on any atom is -0.488 e. The highest BCUT2D eigenvalue weighted by atomic mass is 19.4. The summed E-state index contributed by atoms with van der Waals surface area (Å²) in [5.74, 6) is 1.13. The fraction of sp³-hybridized carbons (Fsp3) is 0.167. The molecule has 0 saturated heterocycles. The van der Waals surface area contributed by atoms with Crippen LogP contribution in [0.2, 0.25) is 0 Å². The quantitative estimate of drug-likeness (QED) is 0.728. The minimum absolute atomic E-state index is 0.0342. The van der Waals surface area contributed by atoms with Crippen LogP contribution in [-0.2, 0) is 6.18 Å². The van der Waals surface area contributed by atoms with Gasteiger partial charge in [-0.15, -0.1) is 0 Å². The normalized spacial score (nSPS) is 17.4. The number of hydrogen-bond donors (Lipinski definition) is 0. The standard InChI is InChI=1S/C18H11F3O4/c19-18(20,21)12-3-1-10(2-4-12)5-11-8-23-14-7-16-15(24-9-25-16)6-13(14)17(11)22/h1-7H,8-9H2/b11-5+. The molecule has 0 fully saturated rings. The van der Waals surface area contributed by atoms with Gasteiger partial charge in [0.25, 0.3) is 0 Å². The molecule has 0 aromatic heterocycles. The Hall–Kier alpha value is -2.96. The Morgan fingerprint density at radius 3 is 2.28 bits per heavy atom. The molecule has 2 aromatic rings. The number of ketones is 1. The van der Waals surface area contributed by atoms with Crippen molar-refractivity contribution in [1.82, 2.24) is 0 Å². The Bertz CT molecular complexity index is 882. The fourth-order valence-electron chi connectivity index (χ4n) is 2.69. The van der Waals surface area contributed by atoms with Gasteiger partial charge in [0.1, 0.15) is 12.4 Å². The molecule has 0 saturated carbocycles. The van der Waals surface area contributed by atoms with Crippen molar-refractivity contribution in [2.45, 2.75) is 6.18 Å². The number of fused-ring (bicyclic) bond motifs is 2. The molecule has 0 unspecified atom stereocenters. The molecule has 4 rings (SSSR count). The van der Waals surface area contributed by atoms with Crippen LogP contribution >= 0.6 is 0 Å². The molecular weight excluding hydrogens is 337 g/mol. The van der Waals surface area contributed by atoms with Crippen LogP contribution in [0.1, 0.15) is 21.5 Å². The third-order valence-corrected chi connectivity index (χ3v) is 3.97. The maximum atomic E-state index is 12.6. The van der Waals surface area contributed by atoms with E-state index >= 15 is 0 Å². The van der Waals surface area contributed by atoms with Crippen molar-refractivity contribution < 1.29 is 32.2 Å². The van der Waals surface area contributed by atoms with Crippen LogP contribution in [-0.4, -0.2) is 19.2 Å². The van der Waals surface area contributed by atoms with Crippen molar-refractivity contribution in [2.75, 3.05) is 13.4 Å². The van der Waals surface area contributed by atoms with E-state index in [1.54, 1.807) is 12.1 Å². The number of hydrogen-bond acceptors (Lipinski definition) is 4. The summed E-state index contributed by atoms with van der Waals surface area (Å²) in [6.45, 7) is 0.118. The highest BCUT2D eigenvalue weighted by Gasteiger charge is 2.30. The van der Waals surface area contributed by atoms with Gasteiger partial charge in [0.15, 0.2) is 17.3 Å². The number of benzene rings is 2. The Morgan fingerprint density at radius 1 is 0.920 bits per heavy atom. The van der Waals surface area contributed by atoms with Gasteiger partial charge in [0.05, 0.1) is 11.1 Å².